The number of nitrogens with zero attached hydrogens (tertiary/aromatic N) is 11. The summed E-state index contributed by atoms with van der Waals surface area (Å²) in [5, 5.41) is 14.8. The van der Waals surface area contributed by atoms with E-state index >= 15 is 0 Å². The van der Waals surface area contributed by atoms with Crippen LogP contribution in [-0.2, 0) is 7.05 Å². The normalized spacial score (nSPS) is 11.3. The summed E-state index contributed by atoms with van der Waals surface area (Å²) < 4.78 is 21.5. The zero-order chi connectivity index (χ0) is 66.9. The molecule has 4 aromatic carbocycles. The molecule has 0 saturated carbocycles. The number of aromatic nitrogens is 11. The summed E-state index contributed by atoms with van der Waals surface area (Å²) in [5.41, 5.74) is 37.9. The van der Waals surface area contributed by atoms with Crippen molar-refractivity contribution in [3.63, 3.8) is 0 Å². The molecular weight excluding hydrogens is 1130 g/mol. The van der Waals surface area contributed by atoms with Gasteiger partial charge < -0.3 is 17.8 Å². The Morgan fingerprint density at radius 1 is 0.267 bits per heavy atom. The number of aryl methyl sites for hydroxylation is 19. The lowest BCUT2D eigenvalue weighted by Gasteiger charge is -2.09. The molecule has 0 amide bonds. The van der Waals surface area contributed by atoms with Crippen molar-refractivity contribution in [2.75, 3.05) is 0 Å². The summed E-state index contributed by atoms with van der Waals surface area (Å²) in [6.45, 7) is 62.5. The van der Waals surface area contributed by atoms with Crippen LogP contribution in [0.4, 0.5) is 0 Å². The van der Waals surface area contributed by atoms with Gasteiger partial charge in [0.25, 0.3) is 0 Å². The molecule has 0 atom stereocenters. The number of fused-ring (bicyclic) bond motifs is 10. The van der Waals surface area contributed by atoms with Gasteiger partial charge in [-0.25, -0.2) is 29.9 Å². The topological polar surface area (TPSA) is 173 Å². The van der Waals surface area contributed by atoms with E-state index in [1.807, 2.05) is 76.3 Å². The molecule has 13 rings (SSSR count). The molecule has 9 heterocycles. The molecule has 0 aliphatic rings. The molecule has 0 N–H and O–H groups in total. The standard InChI is InChI=1S/3C16H18N2O.C12H15NS.C8H12N2.C7H12N2/c1-7-8(2)10(4)15-13(9(7)3)14-16(19-15)11(5)17-12(6)18-14;2*1-7-8(2)10(4)15-13(9(7)3)14-11(5)17-12(6)18-16(14)19-15;1-6-7(2)9(4)12-11(8(6)3)13-10(5)14-12;1-5-6(2)8(4)10-9-7(5)3;1-5-6(2)9(4)7(3)8-5/h3*1-6H3;1-5H3;1-4H3;1-4H3. The summed E-state index contributed by atoms with van der Waals surface area (Å²) in [7, 11) is 2.03. The number of imidazole rings is 1. The number of benzene rings is 4. The minimum absolute atomic E-state index is 0.705. The Morgan fingerprint density at radius 2 is 0.633 bits per heavy atom. The maximum absolute atomic E-state index is 6.06. The molecule has 15 heteroatoms. The Hall–Kier alpha value is -8.30. The molecule has 0 radical (unpaired) electrons. The van der Waals surface area contributed by atoms with Crippen molar-refractivity contribution in [1.82, 2.24) is 54.6 Å². The Kier molecular flexibility index (Phi) is 19.5. The van der Waals surface area contributed by atoms with Crippen LogP contribution in [0, 0.1) is 208 Å². The fourth-order valence-electron chi connectivity index (χ4n) is 12.1. The monoisotopic (exact) mass is 1230 g/mol. The molecule has 13 aromatic rings. The molecule has 90 heavy (non-hydrogen) atoms. The van der Waals surface area contributed by atoms with Crippen LogP contribution in [0.15, 0.2) is 13.3 Å². The van der Waals surface area contributed by atoms with Crippen LogP contribution in [-0.4, -0.2) is 54.6 Å². The first kappa shape index (κ1) is 67.6. The molecule has 0 aliphatic carbocycles. The Morgan fingerprint density at radius 3 is 1.03 bits per heavy atom. The quantitative estimate of drug-likeness (QED) is 0.140. The van der Waals surface area contributed by atoms with Gasteiger partial charge in [-0.2, -0.15) is 20.2 Å². The second-order valence-electron chi connectivity index (χ2n) is 24.9. The van der Waals surface area contributed by atoms with E-state index in [2.05, 4.69) is 193 Å². The van der Waals surface area contributed by atoms with Gasteiger partial charge in [-0.05, 0) is 308 Å². The van der Waals surface area contributed by atoms with Gasteiger partial charge in [0, 0.05) is 23.5 Å². The second kappa shape index (κ2) is 25.9. The van der Waals surface area contributed by atoms with Gasteiger partial charge in [-0.1, -0.05) is 0 Å². The van der Waals surface area contributed by atoms with Crippen molar-refractivity contribution in [1.29, 1.82) is 0 Å². The lowest BCUT2D eigenvalue weighted by molar-refractivity contribution is 0.646. The highest BCUT2D eigenvalue weighted by molar-refractivity contribution is 7.18. The molecular formula is C75H93N11O3S. The molecule has 0 spiro atoms. The van der Waals surface area contributed by atoms with Crippen molar-refractivity contribution in [3.8, 4) is 0 Å². The lowest BCUT2D eigenvalue weighted by atomic mass is 9.94. The Labute approximate surface area is 535 Å². The highest BCUT2D eigenvalue weighted by Gasteiger charge is 2.23. The van der Waals surface area contributed by atoms with Gasteiger partial charge in [0.05, 0.1) is 65.5 Å². The van der Waals surface area contributed by atoms with Gasteiger partial charge in [-0.15, -0.1) is 11.3 Å². The zero-order valence-electron chi connectivity index (χ0n) is 59.6. The maximum Gasteiger partial charge on any atom is 0.230 e. The average Bonchev–Trinajstić information content (AvgIpc) is 1.63. The highest BCUT2D eigenvalue weighted by Crippen LogP contribution is 2.40. The van der Waals surface area contributed by atoms with Gasteiger partial charge >= 0.3 is 0 Å². The summed E-state index contributed by atoms with van der Waals surface area (Å²) in [6.07, 6.45) is 0. The van der Waals surface area contributed by atoms with E-state index in [4.69, 9.17) is 13.3 Å². The molecule has 0 saturated heterocycles. The molecule has 0 bridgehead atoms. The molecule has 0 fully saturated rings. The minimum Gasteiger partial charge on any atom is -0.452 e. The van der Waals surface area contributed by atoms with E-state index < -0.39 is 0 Å². The van der Waals surface area contributed by atoms with Crippen molar-refractivity contribution >= 4 is 87.8 Å². The van der Waals surface area contributed by atoms with Gasteiger partial charge in [0.1, 0.15) is 45.6 Å². The van der Waals surface area contributed by atoms with Crippen LogP contribution in [0.2, 0.25) is 0 Å². The average molecular weight is 1230 g/mol. The highest BCUT2D eigenvalue weighted by atomic mass is 32.1. The number of furan rings is 3. The third kappa shape index (κ3) is 12.3. The van der Waals surface area contributed by atoms with Gasteiger partial charge in [0.15, 0.2) is 5.58 Å². The van der Waals surface area contributed by atoms with Crippen LogP contribution >= 0.6 is 11.3 Å². The molecule has 9 aromatic heterocycles. The SMILES string of the molecule is Cc1nc(C)c2c(n1)oc1c(C)c(C)c(C)c(C)c12.Cc1nc(C)c2c(n1)oc1c(C)c(C)c(C)c(C)c12.Cc1nc(C)c2oc3c(C)c(C)c(C)c(C)c3c2n1.Cc1nc(C)n(C)c1C.Cc1nc2c(C)c(C)c(C)c(C)c2s1.Cc1nnc(C)c(C)c1C. The van der Waals surface area contributed by atoms with E-state index in [0.717, 1.165) is 106 Å². The third-order valence-corrected chi connectivity index (χ3v) is 20.8. The largest absolute Gasteiger partial charge is 0.452 e. The summed E-state index contributed by atoms with van der Waals surface area (Å²) in [5.74, 6) is 3.40. The molecule has 0 unspecified atom stereocenters. The molecule has 472 valence electrons. The van der Waals surface area contributed by atoms with E-state index in [1.54, 1.807) is 11.3 Å². The second-order valence-corrected chi connectivity index (χ2v) is 26.1. The van der Waals surface area contributed by atoms with Crippen molar-refractivity contribution in [2.45, 2.75) is 208 Å². The van der Waals surface area contributed by atoms with Crippen molar-refractivity contribution < 1.29 is 13.3 Å². The van der Waals surface area contributed by atoms with Gasteiger partial charge in [-0.3, -0.25) is 0 Å². The number of hydrogen-bond donors (Lipinski definition) is 0. The fraction of sp³-hybridized carbons (Fsp3) is 0.413. The lowest BCUT2D eigenvalue weighted by Crippen LogP contribution is -1.97. The van der Waals surface area contributed by atoms with E-state index in [0.29, 0.717) is 11.4 Å². The summed E-state index contributed by atoms with van der Waals surface area (Å²) in [6, 6.07) is 0. The van der Waals surface area contributed by atoms with Crippen LogP contribution in [0.5, 0.6) is 0 Å². The van der Waals surface area contributed by atoms with Crippen LogP contribution in [0.3, 0.4) is 0 Å². The number of hydrogen-bond acceptors (Lipinski definition) is 14. The predicted molar refractivity (Wildman–Crippen MR) is 375 cm³/mol. The predicted octanol–water partition coefficient (Wildman–Crippen LogP) is 19.6. The number of thiazole rings is 1. The first-order valence-corrected chi connectivity index (χ1v) is 31.8. The van der Waals surface area contributed by atoms with E-state index in [9.17, 15) is 0 Å². The third-order valence-electron chi connectivity index (χ3n) is 19.7. The molecule has 14 nitrogen and oxygen atoms in total. The van der Waals surface area contributed by atoms with Crippen LogP contribution < -0.4 is 0 Å². The number of rotatable bonds is 0. The first-order valence-electron chi connectivity index (χ1n) is 31.0. The smallest absolute Gasteiger partial charge is 0.230 e. The van der Waals surface area contributed by atoms with Crippen LogP contribution in [0.1, 0.15) is 168 Å². The maximum atomic E-state index is 6.06. The summed E-state index contributed by atoms with van der Waals surface area (Å²) >= 11 is 1.80. The van der Waals surface area contributed by atoms with E-state index in [1.165, 1.54) is 127 Å². The Bertz CT molecular complexity index is 4770. The first-order chi connectivity index (χ1) is 42.0. The van der Waals surface area contributed by atoms with E-state index in [-0.39, 0.29) is 0 Å². The minimum atomic E-state index is 0.705. The van der Waals surface area contributed by atoms with Gasteiger partial charge in [0.2, 0.25) is 11.4 Å². The zero-order valence-corrected chi connectivity index (χ0v) is 60.4. The van der Waals surface area contributed by atoms with Crippen molar-refractivity contribution in [2.24, 2.45) is 7.05 Å². The summed E-state index contributed by atoms with van der Waals surface area (Å²) in [4.78, 5) is 35.7. The van der Waals surface area contributed by atoms with Crippen LogP contribution in [0.25, 0.3) is 76.4 Å². The fourth-order valence-corrected chi connectivity index (χ4v) is 13.1. The molecule has 0 aliphatic heterocycles. The van der Waals surface area contributed by atoms with Crippen molar-refractivity contribution in [3.05, 3.63) is 168 Å². The Balaban J connectivity index is 0.000000142.